The third-order valence-electron chi connectivity index (χ3n) is 2.62. The first-order valence-electron chi connectivity index (χ1n) is 5.69. The van der Waals surface area contributed by atoms with E-state index in [0.717, 1.165) is 32.6 Å². The summed E-state index contributed by atoms with van der Waals surface area (Å²) in [5.41, 5.74) is 0. The second kappa shape index (κ2) is 7.21. The molecule has 0 spiro atoms. The lowest BCUT2D eigenvalue weighted by molar-refractivity contribution is -0.143. The van der Waals surface area contributed by atoms with Crippen molar-refractivity contribution in [2.24, 2.45) is 0 Å². The quantitative estimate of drug-likeness (QED) is 0.440. The Bertz CT molecular complexity index is 264. The summed E-state index contributed by atoms with van der Waals surface area (Å²) in [7, 11) is 0. The van der Waals surface area contributed by atoms with E-state index in [4.69, 9.17) is 10.2 Å². The van der Waals surface area contributed by atoms with Crippen LogP contribution in [0.1, 0.15) is 6.42 Å². The second-order valence-electron chi connectivity index (χ2n) is 4.02. The topological polar surface area (TPSA) is 102 Å². The van der Waals surface area contributed by atoms with Crippen molar-refractivity contribution in [3.05, 3.63) is 0 Å². The van der Waals surface area contributed by atoms with Crippen LogP contribution in [0.25, 0.3) is 0 Å². The molecule has 0 aliphatic carbocycles. The van der Waals surface area contributed by atoms with Gasteiger partial charge in [0.1, 0.15) is 6.04 Å². The molecule has 7 heteroatoms. The van der Waals surface area contributed by atoms with Crippen LogP contribution in [-0.2, 0) is 9.59 Å². The molecule has 4 N–H and O–H groups in total. The summed E-state index contributed by atoms with van der Waals surface area (Å²) >= 11 is 0. The van der Waals surface area contributed by atoms with E-state index in [1.165, 1.54) is 0 Å². The highest BCUT2D eigenvalue weighted by Crippen LogP contribution is 1.95. The van der Waals surface area contributed by atoms with Gasteiger partial charge in [0.05, 0.1) is 13.2 Å². The van der Waals surface area contributed by atoms with Crippen LogP contribution in [0.3, 0.4) is 0 Å². The van der Waals surface area contributed by atoms with Crippen molar-refractivity contribution in [3.63, 3.8) is 0 Å². The molecule has 1 fully saturated rings. The smallest absolute Gasteiger partial charge is 0.328 e. The fourth-order valence-corrected chi connectivity index (χ4v) is 1.69. The number of carbonyl (C=O) groups excluding carboxylic acids is 1. The van der Waals surface area contributed by atoms with Gasteiger partial charge in [-0.25, -0.2) is 4.79 Å². The van der Waals surface area contributed by atoms with Gasteiger partial charge >= 0.3 is 5.97 Å². The van der Waals surface area contributed by atoms with Crippen LogP contribution in [0.4, 0.5) is 0 Å². The maximum absolute atomic E-state index is 11.5. The Morgan fingerprint density at radius 2 is 2.12 bits per heavy atom. The maximum atomic E-state index is 11.5. The van der Waals surface area contributed by atoms with Crippen LogP contribution in [0.5, 0.6) is 0 Å². The van der Waals surface area contributed by atoms with Gasteiger partial charge in [0.15, 0.2) is 0 Å². The van der Waals surface area contributed by atoms with E-state index < -0.39 is 18.6 Å². The largest absolute Gasteiger partial charge is 0.480 e. The van der Waals surface area contributed by atoms with Crippen LogP contribution >= 0.6 is 0 Å². The Hall–Kier alpha value is -1.18. The molecule has 1 unspecified atom stereocenters. The minimum Gasteiger partial charge on any atom is -0.480 e. The average Bonchev–Trinajstić information content (AvgIpc) is 2.54. The first-order chi connectivity index (χ1) is 8.13. The van der Waals surface area contributed by atoms with Crippen molar-refractivity contribution in [3.8, 4) is 0 Å². The van der Waals surface area contributed by atoms with Gasteiger partial charge in [0.25, 0.3) is 0 Å². The van der Waals surface area contributed by atoms with Crippen molar-refractivity contribution < 1.29 is 19.8 Å². The number of aliphatic hydroxyl groups is 1. The third kappa shape index (κ3) is 5.12. The Morgan fingerprint density at radius 1 is 1.35 bits per heavy atom. The summed E-state index contributed by atoms with van der Waals surface area (Å²) in [6.45, 7) is 2.93. The Balaban J connectivity index is 2.34. The Kier molecular flexibility index (Phi) is 5.88. The van der Waals surface area contributed by atoms with Gasteiger partial charge in [-0.05, 0) is 19.5 Å². The van der Waals surface area contributed by atoms with Gasteiger partial charge in [-0.1, -0.05) is 0 Å². The Labute approximate surface area is 99.8 Å². The fraction of sp³-hybridized carbons (Fsp3) is 0.800. The van der Waals surface area contributed by atoms with Crippen molar-refractivity contribution in [1.82, 2.24) is 15.5 Å². The summed E-state index contributed by atoms with van der Waals surface area (Å²) in [5, 5.41) is 22.9. The molecule has 0 saturated carbocycles. The molecule has 1 aliphatic rings. The molecule has 1 atom stereocenters. The van der Waals surface area contributed by atoms with Crippen molar-refractivity contribution in [2.45, 2.75) is 12.5 Å². The predicted octanol–water partition coefficient (Wildman–Crippen LogP) is -2.16. The van der Waals surface area contributed by atoms with E-state index in [-0.39, 0.29) is 12.5 Å². The van der Waals surface area contributed by atoms with Gasteiger partial charge < -0.3 is 20.8 Å². The van der Waals surface area contributed by atoms with Crippen LogP contribution < -0.4 is 10.6 Å². The number of amides is 1. The van der Waals surface area contributed by atoms with Gasteiger partial charge in [-0.2, -0.15) is 0 Å². The molecule has 0 radical (unpaired) electrons. The van der Waals surface area contributed by atoms with Crippen LogP contribution in [0, 0.1) is 0 Å². The van der Waals surface area contributed by atoms with Crippen molar-refractivity contribution in [1.29, 1.82) is 0 Å². The van der Waals surface area contributed by atoms with Crippen molar-refractivity contribution in [2.75, 3.05) is 39.3 Å². The van der Waals surface area contributed by atoms with Gasteiger partial charge in [-0.15, -0.1) is 0 Å². The first kappa shape index (κ1) is 13.9. The monoisotopic (exact) mass is 245 g/mol. The van der Waals surface area contributed by atoms with Crippen LogP contribution in [0.2, 0.25) is 0 Å². The number of hydrogen-bond acceptors (Lipinski definition) is 5. The summed E-state index contributed by atoms with van der Waals surface area (Å²) in [6.07, 6.45) is 0.968. The number of carboxylic acids is 1. The first-order valence-corrected chi connectivity index (χ1v) is 5.69. The molecule has 1 heterocycles. The zero-order chi connectivity index (χ0) is 12.7. The molecule has 0 aromatic rings. The lowest BCUT2D eigenvalue weighted by atomic mass is 10.3. The van der Waals surface area contributed by atoms with E-state index in [1.807, 2.05) is 4.90 Å². The summed E-state index contributed by atoms with van der Waals surface area (Å²) in [4.78, 5) is 24.1. The number of nitrogens with zero attached hydrogens (tertiary/aromatic N) is 1. The van der Waals surface area contributed by atoms with Crippen LogP contribution in [0.15, 0.2) is 0 Å². The van der Waals surface area contributed by atoms with E-state index in [2.05, 4.69) is 10.6 Å². The molecule has 7 nitrogen and oxygen atoms in total. The number of rotatable bonds is 5. The number of hydrogen-bond donors (Lipinski definition) is 4. The van der Waals surface area contributed by atoms with Crippen LogP contribution in [-0.4, -0.2) is 72.4 Å². The zero-order valence-electron chi connectivity index (χ0n) is 9.69. The number of aliphatic carboxylic acids is 1. The number of carboxylic acid groups (broad SMARTS) is 1. The SMILES string of the molecule is O=C(CN1CCCNCC1)NC(CO)C(=O)O. The Morgan fingerprint density at radius 3 is 2.76 bits per heavy atom. The van der Waals surface area contributed by atoms with E-state index in [0.29, 0.717) is 0 Å². The predicted molar refractivity (Wildman–Crippen MR) is 60.6 cm³/mol. The minimum absolute atomic E-state index is 0.172. The fourth-order valence-electron chi connectivity index (χ4n) is 1.69. The second-order valence-corrected chi connectivity index (χ2v) is 4.02. The van der Waals surface area contributed by atoms with Crippen molar-refractivity contribution >= 4 is 11.9 Å². The van der Waals surface area contributed by atoms with E-state index in [9.17, 15) is 9.59 Å². The molecule has 1 amide bonds. The minimum atomic E-state index is -1.22. The van der Waals surface area contributed by atoms with Gasteiger partial charge in [-0.3, -0.25) is 9.69 Å². The molecule has 1 saturated heterocycles. The average molecular weight is 245 g/mol. The lowest BCUT2D eigenvalue weighted by Crippen LogP contribution is -2.47. The van der Waals surface area contributed by atoms with Gasteiger partial charge in [0.2, 0.25) is 5.91 Å². The number of nitrogens with one attached hydrogen (secondary N) is 2. The van der Waals surface area contributed by atoms with E-state index >= 15 is 0 Å². The zero-order valence-corrected chi connectivity index (χ0v) is 9.69. The molecule has 98 valence electrons. The summed E-state index contributed by atoms with van der Waals surface area (Å²) < 4.78 is 0. The molecule has 17 heavy (non-hydrogen) atoms. The third-order valence-corrected chi connectivity index (χ3v) is 2.62. The highest BCUT2D eigenvalue weighted by atomic mass is 16.4. The number of carbonyl (C=O) groups is 2. The molecule has 0 bridgehead atoms. The highest BCUT2D eigenvalue weighted by Gasteiger charge is 2.20. The standard InChI is InChI=1S/C10H19N3O4/c14-7-8(10(16)17)12-9(15)6-13-4-1-2-11-3-5-13/h8,11,14H,1-7H2,(H,12,15)(H,16,17). The van der Waals surface area contributed by atoms with Gasteiger partial charge in [0, 0.05) is 13.1 Å². The molecule has 0 aromatic carbocycles. The number of aliphatic hydroxyl groups excluding tert-OH is 1. The summed E-state index contributed by atoms with van der Waals surface area (Å²) in [6, 6.07) is -1.22. The summed E-state index contributed by atoms with van der Waals surface area (Å²) in [5.74, 6) is -1.59. The molecular weight excluding hydrogens is 226 g/mol. The maximum Gasteiger partial charge on any atom is 0.328 e. The van der Waals surface area contributed by atoms with E-state index in [1.54, 1.807) is 0 Å². The highest BCUT2D eigenvalue weighted by molar-refractivity contribution is 5.84. The molecule has 1 aliphatic heterocycles. The normalized spacial score (nSPS) is 19.4. The molecular formula is C10H19N3O4. The lowest BCUT2D eigenvalue weighted by Gasteiger charge is -2.20. The molecule has 1 rings (SSSR count). The molecule has 0 aromatic heterocycles.